The third-order valence-electron chi connectivity index (χ3n) is 10.5. The van der Waals surface area contributed by atoms with Gasteiger partial charge in [0.25, 0.3) is 0 Å². The van der Waals surface area contributed by atoms with Crippen molar-refractivity contribution in [3.05, 3.63) is 179 Å². The molecule has 2 heterocycles. The molecule has 1 N–H and O–H groups in total. The molecule has 10 atom stereocenters. The average molecular weight is 775 g/mol. The largest absolute Gasteiger partial charge is 0.388 e. The number of aliphatic hydroxyl groups is 1. The van der Waals surface area contributed by atoms with Gasteiger partial charge >= 0.3 is 0 Å². The first kappa shape index (κ1) is 40.9. The highest BCUT2D eigenvalue weighted by atomic mass is 16.7. The minimum Gasteiger partial charge on any atom is -0.388 e. The highest BCUT2D eigenvalue weighted by Crippen LogP contribution is 2.35. The molecule has 5 aromatic rings. The fourth-order valence-electron chi connectivity index (χ4n) is 7.39. The normalized spacial score (nSPS) is 27.6. The second-order valence-corrected chi connectivity index (χ2v) is 14.7. The van der Waals surface area contributed by atoms with Crippen LogP contribution in [0.2, 0.25) is 0 Å². The summed E-state index contributed by atoms with van der Waals surface area (Å²) < 4.78 is 53.5. The zero-order valence-electron chi connectivity index (χ0n) is 32.7. The Bertz CT molecular complexity index is 1850. The van der Waals surface area contributed by atoms with Crippen LogP contribution in [0.1, 0.15) is 41.7 Å². The van der Waals surface area contributed by atoms with Gasteiger partial charge in [-0.25, -0.2) is 0 Å². The van der Waals surface area contributed by atoms with Gasteiger partial charge in [0.2, 0.25) is 0 Å². The Morgan fingerprint density at radius 2 is 0.807 bits per heavy atom. The lowest BCUT2D eigenvalue weighted by Crippen LogP contribution is -2.65. The molecule has 2 aliphatic rings. The van der Waals surface area contributed by atoms with E-state index in [0.29, 0.717) is 26.4 Å². The summed E-state index contributed by atoms with van der Waals surface area (Å²) in [5, 5.41) is 11.8. The van der Waals surface area contributed by atoms with Crippen LogP contribution in [0.25, 0.3) is 0 Å². The molecule has 2 aliphatic heterocycles. The quantitative estimate of drug-likeness (QED) is 0.0957. The van der Waals surface area contributed by atoms with E-state index < -0.39 is 55.1 Å². The summed E-state index contributed by atoms with van der Waals surface area (Å²) in [7, 11) is 0. The highest BCUT2D eigenvalue weighted by Gasteiger charge is 2.52. The molecular weight excluding hydrogens is 721 g/mol. The Morgan fingerprint density at radius 1 is 0.421 bits per heavy atom. The molecule has 0 aliphatic carbocycles. The third-order valence-corrected chi connectivity index (χ3v) is 10.5. The highest BCUT2D eigenvalue weighted by molar-refractivity contribution is 5.17. The first-order valence-corrected chi connectivity index (χ1v) is 19.9. The van der Waals surface area contributed by atoms with Crippen LogP contribution in [0.5, 0.6) is 0 Å². The van der Waals surface area contributed by atoms with E-state index >= 15 is 0 Å². The van der Waals surface area contributed by atoms with Gasteiger partial charge in [0, 0.05) is 0 Å². The van der Waals surface area contributed by atoms with Gasteiger partial charge in [0.05, 0.1) is 51.8 Å². The van der Waals surface area contributed by atoms with Crippen LogP contribution in [0.4, 0.5) is 0 Å². The van der Waals surface area contributed by atoms with Crippen LogP contribution in [0.15, 0.2) is 152 Å². The molecule has 0 bridgehead atoms. The Labute approximate surface area is 336 Å². The van der Waals surface area contributed by atoms with E-state index in [1.807, 2.05) is 166 Å². The summed E-state index contributed by atoms with van der Waals surface area (Å²) in [6.45, 7) is 5.53. The second-order valence-electron chi connectivity index (χ2n) is 14.7. The summed E-state index contributed by atoms with van der Waals surface area (Å²) in [4.78, 5) is 0. The van der Waals surface area contributed by atoms with E-state index in [2.05, 4.69) is 0 Å². The lowest BCUT2D eigenvalue weighted by molar-refractivity contribution is -0.358. The molecule has 5 unspecified atom stereocenters. The molecule has 0 amide bonds. The van der Waals surface area contributed by atoms with Gasteiger partial charge in [0.15, 0.2) is 6.29 Å². The lowest BCUT2D eigenvalue weighted by atomic mass is 9.94. The monoisotopic (exact) mass is 774 g/mol. The number of hydrogen-bond acceptors (Lipinski definition) is 9. The molecule has 0 aromatic heterocycles. The fraction of sp³-hybridized carbons (Fsp3) is 0.375. The number of hydrogen-bond donors (Lipinski definition) is 1. The molecule has 2 fully saturated rings. The first-order chi connectivity index (χ1) is 28.0. The predicted octanol–water partition coefficient (Wildman–Crippen LogP) is 7.82. The van der Waals surface area contributed by atoms with E-state index in [4.69, 9.17) is 37.9 Å². The topological polar surface area (TPSA) is 94.1 Å². The molecule has 9 nitrogen and oxygen atoms in total. The number of benzene rings is 5. The number of ether oxygens (including phenoxy) is 8. The smallest absolute Gasteiger partial charge is 0.187 e. The number of rotatable bonds is 18. The Kier molecular flexibility index (Phi) is 15.0. The van der Waals surface area contributed by atoms with E-state index in [1.54, 1.807) is 0 Å². The van der Waals surface area contributed by atoms with Crippen molar-refractivity contribution in [1.82, 2.24) is 0 Å². The van der Waals surface area contributed by atoms with Gasteiger partial charge < -0.3 is 43.0 Å². The maximum Gasteiger partial charge on any atom is 0.187 e. The molecule has 300 valence electrons. The van der Waals surface area contributed by atoms with E-state index in [0.717, 1.165) is 27.8 Å². The van der Waals surface area contributed by atoms with Crippen LogP contribution in [-0.2, 0) is 70.9 Å². The standard InChI is InChI=1S/C48H54O9/c1-34-42(49)45(43(35(2)55-34)51-29-37-20-10-4-11-21-37)57-48-47(54-32-40-26-16-7-17-27-40)46(53-31-39-24-14-6-15-25-39)44(52-30-38-22-12-5-13-23-38)41(56-48)33-50-28-36-18-8-3-9-19-36/h3-27,34-35,41-49H,28-33H2,1-2H3/t34-,35?,41+,42?,43-,44+,45-,46?,47?,48?/m0/s1. The minimum atomic E-state index is -1.02. The molecule has 5 aromatic carbocycles. The van der Waals surface area contributed by atoms with Crippen molar-refractivity contribution in [2.24, 2.45) is 0 Å². The molecule has 0 saturated carbocycles. The van der Waals surface area contributed by atoms with Gasteiger partial charge in [-0.3, -0.25) is 0 Å². The second kappa shape index (κ2) is 20.9. The predicted molar refractivity (Wildman–Crippen MR) is 216 cm³/mol. The van der Waals surface area contributed by atoms with Gasteiger partial charge in [-0.05, 0) is 41.7 Å². The van der Waals surface area contributed by atoms with Gasteiger partial charge in [-0.1, -0.05) is 152 Å². The third kappa shape index (κ3) is 11.4. The Morgan fingerprint density at radius 3 is 1.26 bits per heavy atom. The zero-order chi connectivity index (χ0) is 39.2. The van der Waals surface area contributed by atoms with Crippen molar-refractivity contribution in [2.75, 3.05) is 6.61 Å². The van der Waals surface area contributed by atoms with Crippen molar-refractivity contribution >= 4 is 0 Å². The van der Waals surface area contributed by atoms with Gasteiger partial charge in [0.1, 0.15) is 42.7 Å². The molecule has 0 radical (unpaired) electrons. The van der Waals surface area contributed by atoms with Gasteiger partial charge in [-0.15, -0.1) is 0 Å². The van der Waals surface area contributed by atoms with E-state index in [-0.39, 0.29) is 19.3 Å². The summed E-state index contributed by atoms with van der Waals surface area (Å²) in [6, 6.07) is 50.0. The van der Waals surface area contributed by atoms with Crippen LogP contribution in [0, 0.1) is 0 Å². The Hall–Kier alpha value is -4.26. The maximum absolute atomic E-state index is 11.8. The van der Waals surface area contributed by atoms with Crippen molar-refractivity contribution in [3.8, 4) is 0 Å². The summed E-state index contributed by atoms with van der Waals surface area (Å²) >= 11 is 0. The van der Waals surface area contributed by atoms with Crippen LogP contribution in [-0.4, -0.2) is 72.9 Å². The van der Waals surface area contributed by atoms with Crippen LogP contribution < -0.4 is 0 Å². The first-order valence-electron chi connectivity index (χ1n) is 19.9. The molecular formula is C48H54O9. The fourth-order valence-corrected chi connectivity index (χ4v) is 7.39. The van der Waals surface area contributed by atoms with Crippen molar-refractivity contribution in [1.29, 1.82) is 0 Å². The van der Waals surface area contributed by atoms with Gasteiger partial charge in [-0.2, -0.15) is 0 Å². The minimum absolute atomic E-state index is 0.182. The molecule has 0 spiro atoms. The SMILES string of the molecule is CC1O[C@@H](C)C(O)[C@H](OC2O[C@H](COCc3ccccc3)[C@@H](OCc3ccccc3)C(OCc3ccccc3)C2OCc2ccccc2)[C@H]1OCc1ccccc1. The maximum atomic E-state index is 11.8. The van der Waals surface area contributed by atoms with E-state index in [1.165, 1.54) is 0 Å². The Balaban J connectivity index is 1.23. The summed E-state index contributed by atoms with van der Waals surface area (Å²) in [6.07, 6.45) is -7.16. The van der Waals surface area contributed by atoms with Crippen molar-refractivity contribution < 1.29 is 43.0 Å². The summed E-state index contributed by atoms with van der Waals surface area (Å²) in [5.41, 5.74) is 5.02. The molecule has 9 heteroatoms. The summed E-state index contributed by atoms with van der Waals surface area (Å²) in [5.74, 6) is 0. The van der Waals surface area contributed by atoms with Crippen LogP contribution in [0.3, 0.4) is 0 Å². The van der Waals surface area contributed by atoms with Crippen molar-refractivity contribution in [3.63, 3.8) is 0 Å². The molecule has 57 heavy (non-hydrogen) atoms. The molecule has 2 saturated heterocycles. The zero-order valence-corrected chi connectivity index (χ0v) is 32.7. The lowest BCUT2D eigenvalue weighted by Gasteiger charge is -2.49. The van der Waals surface area contributed by atoms with E-state index in [9.17, 15) is 5.11 Å². The van der Waals surface area contributed by atoms with Crippen molar-refractivity contribution in [2.45, 2.75) is 108 Å². The molecule has 7 rings (SSSR count). The average Bonchev–Trinajstić information content (AvgIpc) is 3.25. The number of aliphatic hydroxyl groups excluding tert-OH is 1. The van der Waals surface area contributed by atoms with Crippen LogP contribution >= 0.6 is 0 Å².